The van der Waals surface area contributed by atoms with Gasteiger partial charge in [0.1, 0.15) is 17.3 Å². The van der Waals surface area contributed by atoms with Crippen LogP contribution in [0.5, 0.6) is 11.5 Å². The van der Waals surface area contributed by atoms with E-state index in [1.54, 1.807) is 38.2 Å². The van der Waals surface area contributed by atoms with Crippen LogP contribution in [0.15, 0.2) is 46.3 Å². The number of pyridine rings is 1. The molecule has 0 radical (unpaired) electrons. The first-order valence-electron chi connectivity index (χ1n) is 5.34. The van der Waals surface area contributed by atoms with E-state index in [4.69, 9.17) is 15.2 Å². The number of nitrogens with zero attached hydrogens (tertiary/aromatic N) is 1. The van der Waals surface area contributed by atoms with Crippen molar-refractivity contribution in [3.8, 4) is 11.5 Å². The molecule has 0 aliphatic carbocycles. The highest BCUT2D eigenvalue weighted by Crippen LogP contribution is 2.37. The van der Waals surface area contributed by atoms with Gasteiger partial charge in [-0.3, -0.25) is 0 Å². The summed E-state index contributed by atoms with van der Waals surface area (Å²) < 4.78 is 10.5. The number of anilines is 1. The Morgan fingerprint density at radius 2 is 1.94 bits per heavy atom. The van der Waals surface area contributed by atoms with Gasteiger partial charge in [0.2, 0.25) is 0 Å². The SMILES string of the molecule is COc1ccc(OC)c(Sc2ccc(N)nc2)c1. The number of aromatic nitrogens is 1. The van der Waals surface area contributed by atoms with E-state index in [0.29, 0.717) is 5.82 Å². The number of hydrogen-bond donors (Lipinski definition) is 1. The Bertz CT molecular complexity index is 529. The molecule has 0 aliphatic heterocycles. The van der Waals surface area contributed by atoms with Gasteiger partial charge in [-0.1, -0.05) is 11.8 Å². The third-order valence-electron chi connectivity index (χ3n) is 2.36. The Kier molecular flexibility index (Phi) is 3.94. The van der Waals surface area contributed by atoms with Crippen molar-refractivity contribution in [3.05, 3.63) is 36.5 Å². The van der Waals surface area contributed by atoms with Gasteiger partial charge in [0.15, 0.2) is 0 Å². The van der Waals surface area contributed by atoms with Crippen molar-refractivity contribution in [2.45, 2.75) is 9.79 Å². The van der Waals surface area contributed by atoms with Crippen LogP contribution in [0.25, 0.3) is 0 Å². The average molecular weight is 262 g/mol. The lowest BCUT2D eigenvalue weighted by Crippen LogP contribution is -1.90. The predicted octanol–water partition coefficient (Wildman–Crippen LogP) is 2.83. The van der Waals surface area contributed by atoms with Crippen LogP contribution < -0.4 is 15.2 Å². The molecule has 94 valence electrons. The van der Waals surface area contributed by atoms with Gasteiger partial charge in [0, 0.05) is 11.1 Å². The molecule has 2 aromatic rings. The van der Waals surface area contributed by atoms with Gasteiger partial charge in [-0.2, -0.15) is 0 Å². The minimum atomic E-state index is 0.511. The zero-order valence-electron chi connectivity index (χ0n) is 10.2. The topological polar surface area (TPSA) is 57.4 Å². The molecule has 1 aromatic carbocycles. The molecule has 0 fully saturated rings. The molecule has 2 N–H and O–H groups in total. The first-order chi connectivity index (χ1) is 8.72. The van der Waals surface area contributed by atoms with Crippen LogP contribution in [0, 0.1) is 0 Å². The summed E-state index contributed by atoms with van der Waals surface area (Å²) in [5, 5.41) is 0. The molecule has 0 atom stereocenters. The van der Waals surface area contributed by atoms with Crippen LogP contribution in [0.1, 0.15) is 0 Å². The van der Waals surface area contributed by atoms with Gasteiger partial charge < -0.3 is 15.2 Å². The standard InChI is InChI=1S/C13H14N2O2S/c1-16-9-3-5-11(17-2)12(7-9)18-10-4-6-13(14)15-8-10/h3-8H,1-2H3,(H2,14,15). The van der Waals surface area contributed by atoms with Gasteiger partial charge in [-0.05, 0) is 30.3 Å². The molecule has 0 saturated carbocycles. The van der Waals surface area contributed by atoms with Crippen molar-refractivity contribution >= 4 is 17.6 Å². The average Bonchev–Trinajstić information content (AvgIpc) is 2.41. The molecule has 0 saturated heterocycles. The maximum absolute atomic E-state index is 5.56. The van der Waals surface area contributed by atoms with Gasteiger partial charge >= 0.3 is 0 Å². The fraction of sp³-hybridized carbons (Fsp3) is 0.154. The molecule has 2 rings (SSSR count). The lowest BCUT2D eigenvalue weighted by Gasteiger charge is -2.09. The van der Waals surface area contributed by atoms with Crippen molar-refractivity contribution in [3.63, 3.8) is 0 Å². The molecule has 0 aliphatic rings. The summed E-state index contributed by atoms with van der Waals surface area (Å²) in [5.41, 5.74) is 5.56. The highest BCUT2D eigenvalue weighted by molar-refractivity contribution is 7.99. The van der Waals surface area contributed by atoms with E-state index in [2.05, 4.69) is 4.98 Å². The van der Waals surface area contributed by atoms with Crippen LogP contribution in [-0.4, -0.2) is 19.2 Å². The zero-order chi connectivity index (χ0) is 13.0. The molecule has 0 amide bonds. The number of methoxy groups -OCH3 is 2. The van der Waals surface area contributed by atoms with Gasteiger partial charge in [-0.25, -0.2) is 4.98 Å². The fourth-order valence-corrected chi connectivity index (χ4v) is 2.37. The molecule has 1 heterocycles. The molecule has 5 heteroatoms. The first-order valence-corrected chi connectivity index (χ1v) is 6.16. The summed E-state index contributed by atoms with van der Waals surface area (Å²) in [5.74, 6) is 2.11. The summed E-state index contributed by atoms with van der Waals surface area (Å²) in [6.45, 7) is 0. The van der Waals surface area contributed by atoms with E-state index >= 15 is 0 Å². The molecular weight excluding hydrogens is 248 g/mol. The van der Waals surface area contributed by atoms with E-state index in [-0.39, 0.29) is 0 Å². The second-order valence-corrected chi connectivity index (χ2v) is 4.65. The summed E-state index contributed by atoms with van der Waals surface area (Å²) in [7, 11) is 3.29. The molecular formula is C13H14N2O2S. The van der Waals surface area contributed by atoms with Crippen molar-refractivity contribution in [1.29, 1.82) is 0 Å². The van der Waals surface area contributed by atoms with E-state index in [0.717, 1.165) is 21.3 Å². The third-order valence-corrected chi connectivity index (χ3v) is 3.37. The number of hydrogen-bond acceptors (Lipinski definition) is 5. The van der Waals surface area contributed by atoms with Crippen LogP contribution >= 0.6 is 11.8 Å². The first kappa shape index (κ1) is 12.6. The van der Waals surface area contributed by atoms with Crippen LogP contribution in [0.4, 0.5) is 5.82 Å². The van der Waals surface area contributed by atoms with Gasteiger partial charge in [0.25, 0.3) is 0 Å². The smallest absolute Gasteiger partial charge is 0.133 e. The molecule has 18 heavy (non-hydrogen) atoms. The van der Waals surface area contributed by atoms with Gasteiger partial charge in [-0.15, -0.1) is 0 Å². The Morgan fingerprint density at radius 1 is 1.11 bits per heavy atom. The van der Waals surface area contributed by atoms with Crippen molar-refractivity contribution in [2.75, 3.05) is 20.0 Å². The maximum Gasteiger partial charge on any atom is 0.133 e. The minimum absolute atomic E-state index is 0.511. The summed E-state index contributed by atoms with van der Waals surface area (Å²) in [4.78, 5) is 6.03. The van der Waals surface area contributed by atoms with Crippen molar-refractivity contribution in [1.82, 2.24) is 4.98 Å². The monoisotopic (exact) mass is 262 g/mol. The van der Waals surface area contributed by atoms with Gasteiger partial charge in [0.05, 0.1) is 19.1 Å². The van der Waals surface area contributed by atoms with Crippen LogP contribution in [0.3, 0.4) is 0 Å². The highest BCUT2D eigenvalue weighted by atomic mass is 32.2. The number of rotatable bonds is 4. The van der Waals surface area contributed by atoms with Crippen molar-refractivity contribution in [2.24, 2.45) is 0 Å². The molecule has 0 unspecified atom stereocenters. The molecule has 4 nitrogen and oxygen atoms in total. The third kappa shape index (κ3) is 2.87. The Morgan fingerprint density at radius 3 is 2.56 bits per heavy atom. The fourth-order valence-electron chi connectivity index (χ4n) is 1.44. The number of benzene rings is 1. The normalized spacial score (nSPS) is 10.1. The van der Waals surface area contributed by atoms with Crippen LogP contribution in [0.2, 0.25) is 0 Å². The largest absolute Gasteiger partial charge is 0.497 e. The quantitative estimate of drug-likeness (QED) is 0.918. The summed E-state index contributed by atoms with van der Waals surface area (Å²) >= 11 is 1.55. The summed E-state index contributed by atoms with van der Waals surface area (Å²) in [6.07, 6.45) is 1.74. The Hall–Kier alpha value is -1.88. The zero-order valence-corrected chi connectivity index (χ0v) is 11.0. The number of nitrogen functional groups attached to an aromatic ring is 1. The van der Waals surface area contributed by atoms with E-state index in [1.807, 2.05) is 24.3 Å². The summed E-state index contributed by atoms with van der Waals surface area (Å²) in [6, 6.07) is 9.37. The van der Waals surface area contributed by atoms with E-state index in [9.17, 15) is 0 Å². The van der Waals surface area contributed by atoms with Crippen molar-refractivity contribution < 1.29 is 9.47 Å². The second kappa shape index (κ2) is 5.64. The lowest BCUT2D eigenvalue weighted by molar-refractivity contribution is 0.394. The number of ether oxygens (including phenoxy) is 2. The highest BCUT2D eigenvalue weighted by Gasteiger charge is 2.07. The molecule has 0 spiro atoms. The predicted molar refractivity (Wildman–Crippen MR) is 72.3 cm³/mol. The molecule has 1 aromatic heterocycles. The lowest BCUT2D eigenvalue weighted by atomic mass is 10.3. The maximum atomic E-state index is 5.56. The van der Waals surface area contributed by atoms with Crippen LogP contribution in [-0.2, 0) is 0 Å². The number of nitrogens with two attached hydrogens (primary N) is 1. The molecule has 0 bridgehead atoms. The Balaban J connectivity index is 2.29. The minimum Gasteiger partial charge on any atom is -0.497 e. The Labute approximate surface area is 110 Å². The van der Waals surface area contributed by atoms with E-state index in [1.165, 1.54) is 0 Å². The second-order valence-electron chi connectivity index (χ2n) is 3.54. The van der Waals surface area contributed by atoms with E-state index < -0.39 is 0 Å².